The van der Waals surface area contributed by atoms with Gasteiger partial charge < -0.3 is 61.3 Å². The number of carbonyl (C=O) groups is 2. The Kier molecular flexibility index (Phi) is 35.2. The van der Waals surface area contributed by atoms with E-state index in [2.05, 4.69) is 20.6 Å². The molecule has 0 saturated carbocycles. The Balaban J connectivity index is -0.000000144. The first-order valence-electron chi connectivity index (χ1n) is 9.72. The van der Waals surface area contributed by atoms with Crippen LogP contribution in [-0.2, 0) is 9.59 Å². The van der Waals surface area contributed by atoms with Gasteiger partial charge in [-0.3, -0.25) is 0 Å². The average molecular weight is 737 g/mol. The maximum atomic E-state index is 11.0. The van der Waals surface area contributed by atoms with Gasteiger partial charge in [0.2, 0.25) is 0 Å². The van der Waals surface area contributed by atoms with Crippen molar-refractivity contribution in [2.45, 2.75) is 13.8 Å². The molecule has 0 spiro atoms. The molecule has 5 N–H and O–H groups in total. The number of aliphatic hydroxyl groups is 1. The van der Waals surface area contributed by atoms with Gasteiger partial charge in [0, 0.05) is 31.4 Å². The monoisotopic (exact) mass is 738 g/mol. The number of allylic oxidation sites excluding steroid dienone is 2. The summed E-state index contributed by atoms with van der Waals surface area (Å²) in [6.07, 6.45) is 5.37. The van der Waals surface area contributed by atoms with Gasteiger partial charge in [-0.05, 0) is 12.1 Å². The van der Waals surface area contributed by atoms with E-state index in [-0.39, 0.29) is 49.7 Å². The second-order valence-corrected chi connectivity index (χ2v) is 5.71. The van der Waals surface area contributed by atoms with E-state index in [9.17, 15) is 19.8 Å². The minimum atomic E-state index is -1.75. The molecule has 0 aliphatic rings. The van der Waals surface area contributed by atoms with Crippen molar-refractivity contribution in [1.29, 1.82) is 0 Å². The smallest absolute Gasteiger partial charge is 0.875 e. The minimum absolute atomic E-state index is 0. The summed E-state index contributed by atoms with van der Waals surface area (Å²) in [5, 5.41) is 77.3. The van der Waals surface area contributed by atoms with Crippen molar-refractivity contribution < 1.29 is 88.3 Å². The molecule has 1 radical (unpaired) electrons. The Hall–Kier alpha value is -4.85. The molecule has 22 heteroatoms. The van der Waals surface area contributed by atoms with Crippen LogP contribution >= 0.6 is 0 Å². The maximum Gasteiger partial charge on any atom is 3.00 e. The summed E-state index contributed by atoms with van der Waals surface area (Å²) in [5.74, 6) is -0.262. The van der Waals surface area contributed by atoms with Gasteiger partial charge in [0.25, 0.3) is 11.6 Å². The van der Waals surface area contributed by atoms with Crippen LogP contribution in [0.2, 0.25) is 0 Å². The number of carbonyl (C=O) groups excluding carboxylic acids is 2. The predicted molar refractivity (Wildman–Crippen MR) is 130 cm³/mol. The molecule has 41 heavy (non-hydrogen) atoms. The van der Waals surface area contributed by atoms with Crippen molar-refractivity contribution in [3.63, 3.8) is 0 Å². The van der Waals surface area contributed by atoms with E-state index < -0.39 is 27.1 Å². The fourth-order valence-corrected chi connectivity index (χ4v) is 1.65. The summed E-state index contributed by atoms with van der Waals surface area (Å²) in [7, 11) is 1.00. The third-order valence-corrected chi connectivity index (χ3v) is 2.60. The van der Waals surface area contributed by atoms with Crippen molar-refractivity contribution in [3.05, 3.63) is 118 Å². The number of anilines is 2. The molecular weight excluding hydrogens is 713 g/mol. The number of rotatable bonds is 4. The first-order valence-corrected chi connectivity index (χ1v) is 9.72. The number of aromatic amines is 2. The molecule has 0 aliphatic carbocycles. The van der Waals surface area contributed by atoms with Gasteiger partial charge >= 0.3 is 50.0 Å². The number of hydrogen-bond acceptors (Lipinski definition) is 14. The molecule has 2 rings (SSSR count). The summed E-state index contributed by atoms with van der Waals surface area (Å²) in [4.78, 5) is 52.4. The van der Waals surface area contributed by atoms with Crippen LogP contribution in [0.4, 0.5) is 11.6 Å². The van der Waals surface area contributed by atoms with Gasteiger partial charge in [-0.25, -0.2) is 30.2 Å². The number of aliphatic hydroxyl groups excluding tert-OH is 1. The van der Waals surface area contributed by atoms with E-state index in [0.29, 0.717) is 11.6 Å². The van der Waals surface area contributed by atoms with E-state index in [1.54, 1.807) is 48.8 Å². The van der Waals surface area contributed by atoms with Gasteiger partial charge in [-0.2, -0.15) is 0 Å². The zero-order valence-electron chi connectivity index (χ0n) is 21.2. The van der Waals surface area contributed by atoms with E-state index >= 15 is 0 Å². The molecule has 2 heterocycles. The zero-order chi connectivity index (χ0) is 32.1. The number of pyridine rings is 2. The number of nitrogens with zero attached hydrogens (tertiary/aromatic N) is 3. The molecule has 0 fully saturated rings. The number of amides is 2. The normalized spacial score (nSPS) is 8.88. The summed E-state index contributed by atoms with van der Waals surface area (Å²) < 4.78 is 0. The summed E-state index contributed by atoms with van der Waals surface area (Å²) >= 11 is 0. The van der Waals surface area contributed by atoms with Crippen molar-refractivity contribution in [2.24, 2.45) is 0 Å². The molecule has 2 aromatic heterocycles. The Bertz CT molecular complexity index is 958. The van der Waals surface area contributed by atoms with Crippen LogP contribution in [0, 0.1) is 84.1 Å². The van der Waals surface area contributed by atoms with Gasteiger partial charge in [0.05, 0.1) is 27.7 Å². The Morgan fingerprint density at radius 2 is 0.927 bits per heavy atom. The Morgan fingerprint density at radius 1 is 0.683 bits per heavy atom. The van der Waals surface area contributed by atoms with Crippen LogP contribution in [0.15, 0.2) is 72.5 Å². The molecule has 0 aliphatic heterocycles. The molecule has 21 nitrogen and oxygen atoms in total. The van der Waals surface area contributed by atoms with Gasteiger partial charge in [-0.1, -0.05) is 26.0 Å². The van der Waals surface area contributed by atoms with E-state index in [4.69, 9.17) is 51.1 Å². The van der Waals surface area contributed by atoms with Crippen LogP contribution in [-0.4, -0.2) is 39.3 Å². The number of aromatic nitrogens is 2. The van der Waals surface area contributed by atoms with Crippen LogP contribution in [0.3, 0.4) is 0 Å². The summed E-state index contributed by atoms with van der Waals surface area (Å²) in [6.45, 7) is 2.66. The van der Waals surface area contributed by atoms with Crippen LogP contribution in [0.5, 0.6) is 0 Å². The van der Waals surface area contributed by atoms with E-state index in [0.717, 1.165) is 19.3 Å². The first kappa shape index (κ1) is 46.0. The number of nitrogens with one attached hydrogen (secondary N) is 4. The van der Waals surface area contributed by atoms with Crippen LogP contribution in [0.1, 0.15) is 13.8 Å². The molecule has 0 bridgehead atoms. The van der Waals surface area contributed by atoms with E-state index in [1.165, 1.54) is 13.8 Å². The predicted octanol–water partition coefficient (Wildman–Crippen LogP) is -1.70. The second-order valence-electron chi connectivity index (χ2n) is 5.71. The largest absolute Gasteiger partial charge is 3.00 e. The third-order valence-electron chi connectivity index (χ3n) is 2.60. The topological polar surface area (TPSA) is 351 Å². The Labute approximate surface area is 260 Å². The standard InChI is InChI=1S/2C9H10N2O2.CH4O.Dy.3NO3/c2*1-7(12)6-9(13)11-8-4-2-3-5-10-8;1-2;;3*2-1(3)4/h2*2-6,12H,1H3,(H,10,11,13);2H,1H3;;;;/q;;;+3;3*-1/b2*7-6-;;;;;. The fourth-order valence-electron chi connectivity index (χ4n) is 1.65. The van der Waals surface area contributed by atoms with E-state index in [1.807, 2.05) is 0 Å². The molecular formula is C19H24DyN7O14. The zero-order valence-corrected chi connectivity index (χ0v) is 23.2. The Morgan fingerprint density at radius 3 is 1.10 bits per heavy atom. The first-order chi connectivity index (χ1) is 18.6. The van der Waals surface area contributed by atoms with Gasteiger partial charge in [-0.15, -0.1) is 11.5 Å². The van der Waals surface area contributed by atoms with Crippen molar-refractivity contribution in [3.8, 4) is 0 Å². The molecule has 0 atom stereocenters. The minimum Gasteiger partial charge on any atom is -0.875 e. The quantitative estimate of drug-likeness (QED) is 0.136. The van der Waals surface area contributed by atoms with Crippen molar-refractivity contribution in [2.75, 3.05) is 17.7 Å². The second kappa shape index (κ2) is 31.4. The fraction of sp³-hybridized carbons (Fsp3) is 0.158. The van der Waals surface area contributed by atoms with Crippen molar-refractivity contribution in [1.82, 2.24) is 0 Å². The summed E-state index contributed by atoms with van der Waals surface area (Å²) in [5.41, 5.74) is 0. The molecule has 0 saturated heterocycles. The van der Waals surface area contributed by atoms with Gasteiger partial charge in [0.15, 0.2) is 0 Å². The molecule has 2 aromatic rings. The van der Waals surface area contributed by atoms with Crippen LogP contribution < -0.4 is 30.8 Å². The third kappa shape index (κ3) is 52.4. The summed E-state index contributed by atoms with van der Waals surface area (Å²) in [6, 6.07) is 10.5. The average Bonchev–Trinajstić information content (AvgIpc) is 2.80. The number of H-pyrrole nitrogens is 2. The van der Waals surface area contributed by atoms with Crippen molar-refractivity contribution >= 4 is 23.5 Å². The number of hydrogen-bond donors (Lipinski definition) is 3. The van der Waals surface area contributed by atoms with Gasteiger partial charge in [0.1, 0.15) is 0 Å². The molecule has 229 valence electrons. The molecule has 0 aromatic carbocycles. The van der Waals surface area contributed by atoms with Crippen LogP contribution in [0.25, 0.3) is 0 Å². The SMILES string of the molecule is C/C([O-])=C/C(=O)Nc1cccc[nH+]1.C/C([O-])=C/C(=O)Nc1cccc[nH+]1.CO.O=[N+]([O-])[O-].O=[N+]([O-])[O-].O=[N+]([O-])[O-].[Dy+3]. The molecule has 0 unspecified atom stereocenters. The maximum absolute atomic E-state index is 11.0. The molecule has 2 amide bonds.